The third-order valence-corrected chi connectivity index (χ3v) is 0.669. The van der Waals surface area contributed by atoms with E-state index < -0.39 is 6.16 Å². The zero-order chi connectivity index (χ0) is 14.3. The normalized spacial score (nSPS) is 7.24. The van der Waals surface area contributed by atoms with Gasteiger partial charge in [0.1, 0.15) is 0 Å². The lowest BCUT2D eigenvalue weighted by molar-refractivity contribution is 0.0752. The second-order valence-corrected chi connectivity index (χ2v) is 2.95. The molecule has 102 valence electrons. The molecule has 0 aromatic carbocycles. The van der Waals surface area contributed by atoms with Gasteiger partial charge in [-0.1, -0.05) is 10.3 Å². The zero-order valence-electron chi connectivity index (χ0n) is 11.2. The molecule has 0 bridgehead atoms. The molecule has 0 aromatic heterocycles. The van der Waals surface area contributed by atoms with Gasteiger partial charge in [0.2, 0.25) is 0 Å². The third-order valence-electron chi connectivity index (χ3n) is 0.669. The van der Waals surface area contributed by atoms with E-state index in [9.17, 15) is 4.79 Å². The van der Waals surface area contributed by atoms with Crippen molar-refractivity contribution >= 4 is 17.6 Å². The SMILES string of the molecule is CC(C)=NO.CCO.COC(=O)ON=C(C)C. The van der Waals surface area contributed by atoms with E-state index in [-0.39, 0.29) is 6.61 Å². The predicted octanol–water partition coefficient (Wildman–Crippen LogP) is 2.02. The number of carbonyl (C=O) groups excluding carboxylic acids is 1. The van der Waals surface area contributed by atoms with Gasteiger partial charge in [0, 0.05) is 6.61 Å². The van der Waals surface area contributed by atoms with Crippen LogP contribution in [0.5, 0.6) is 0 Å². The third kappa shape index (κ3) is 40.5. The summed E-state index contributed by atoms with van der Waals surface area (Å²) in [5, 5.41) is 21.4. The van der Waals surface area contributed by atoms with Crippen molar-refractivity contribution in [3.8, 4) is 0 Å². The van der Waals surface area contributed by atoms with E-state index in [2.05, 4.69) is 19.9 Å². The van der Waals surface area contributed by atoms with Gasteiger partial charge in [-0.2, -0.15) is 0 Å². The van der Waals surface area contributed by atoms with Crippen LogP contribution in [0.1, 0.15) is 34.6 Å². The zero-order valence-corrected chi connectivity index (χ0v) is 11.2. The van der Waals surface area contributed by atoms with Crippen LogP contribution in [0, 0.1) is 0 Å². The molecule has 0 aromatic rings. The van der Waals surface area contributed by atoms with Gasteiger partial charge in [-0.25, -0.2) is 4.79 Å². The van der Waals surface area contributed by atoms with Gasteiger partial charge in [0.25, 0.3) is 0 Å². The number of oxime groups is 2. The Kier molecular flexibility index (Phi) is 20.5. The average molecular weight is 250 g/mol. The highest BCUT2D eigenvalue weighted by Gasteiger charge is 1.95. The quantitative estimate of drug-likeness (QED) is 0.244. The lowest BCUT2D eigenvalue weighted by atomic mass is 10.5. The maximum Gasteiger partial charge on any atom is 0.534 e. The van der Waals surface area contributed by atoms with Crippen molar-refractivity contribution in [2.24, 2.45) is 10.3 Å². The number of hydrogen-bond donors (Lipinski definition) is 2. The number of nitrogens with zero attached hydrogens (tertiary/aromatic N) is 2. The largest absolute Gasteiger partial charge is 0.534 e. The van der Waals surface area contributed by atoms with Crippen LogP contribution >= 0.6 is 0 Å². The summed E-state index contributed by atoms with van der Waals surface area (Å²) >= 11 is 0. The molecule has 0 heterocycles. The van der Waals surface area contributed by atoms with Gasteiger partial charge >= 0.3 is 6.16 Å². The van der Waals surface area contributed by atoms with Crippen LogP contribution in [-0.4, -0.2) is 41.6 Å². The molecule has 0 aliphatic carbocycles. The molecule has 7 heteroatoms. The number of rotatable bonds is 1. The number of aliphatic hydroxyl groups is 1. The molecule has 0 radical (unpaired) electrons. The van der Waals surface area contributed by atoms with Gasteiger partial charge < -0.3 is 15.1 Å². The number of methoxy groups -OCH3 is 1. The van der Waals surface area contributed by atoms with Gasteiger partial charge in [-0.3, -0.25) is 4.84 Å². The molecule has 7 nitrogen and oxygen atoms in total. The lowest BCUT2D eigenvalue weighted by Gasteiger charge is -1.92. The van der Waals surface area contributed by atoms with E-state index in [1.165, 1.54) is 7.11 Å². The van der Waals surface area contributed by atoms with Crippen molar-refractivity contribution in [2.75, 3.05) is 13.7 Å². The first kappa shape index (κ1) is 20.7. The Morgan fingerprint density at radius 1 is 1.18 bits per heavy atom. The van der Waals surface area contributed by atoms with E-state index >= 15 is 0 Å². The first-order valence-corrected chi connectivity index (χ1v) is 4.87. The molecule has 0 atom stereocenters. The average Bonchev–Trinajstić information content (AvgIpc) is 2.27. The van der Waals surface area contributed by atoms with E-state index in [1.54, 1.807) is 34.6 Å². The van der Waals surface area contributed by atoms with Crippen LogP contribution in [0.3, 0.4) is 0 Å². The minimum absolute atomic E-state index is 0.250. The van der Waals surface area contributed by atoms with Gasteiger partial charge in [-0.05, 0) is 34.6 Å². The van der Waals surface area contributed by atoms with E-state index in [4.69, 9.17) is 10.3 Å². The van der Waals surface area contributed by atoms with Crippen LogP contribution < -0.4 is 0 Å². The van der Waals surface area contributed by atoms with Gasteiger partial charge in [-0.15, -0.1) is 0 Å². The predicted molar refractivity (Wildman–Crippen MR) is 65.6 cm³/mol. The molecule has 0 fully saturated rings. The summed E-state index contributed by atoms with van der Waals surface area (Å²) in [6.07, 6.45) is -0.795. The smallest absolute Gasteiger partial charge is 0.436 e. The molecule has 0 aliphatic heterocycles. The van der Waals surface area contributed by atoms with Crippen molar-refractivity contribution in [2.45, 2.75) is 34.6 Å². The first-order chi connectivity index (χ1) is 7.85. The molecule has 0 spiro atoms. The molecule has 0 saturated heterocycles. The molecular weight excluding hydrogens is 228 g/mol. The Balaban J connectivity index is -0.000000207. The molecular formula is C10H22N2O5. The summed E-state index contributed by atoms with van der Waals surface area (Å²) in [7, 11) is 1.23. The highest BCUT2D eigenvalue weighted by molar-refractivity contribution is 5.79. The van der Waals surface area contributed by atoms with Crippen molar-refractivity contribution in [1.82, 2.24) is 0 Å². The summed E-state index contributed by atoms with van der Waals surface area (Å²) in [6.45, 7) is 8.80. The molecule has 0 saturated carbocycles. The summed E-state index contributed by atoms with van der Waals surface area (Å²) in [5.41, 5.74) is 1.35. The fourth-order valence-corrected chi connectivity index (χ4v) is 0.166. The fraction of sp³-hybridized carbons (Fsp3) is 0.700. The summed E-state index contributed by atoms with van der Waals surface area (Å²) in [5.74, 6) is 0. The topological polar surface area (TPSA) is 101 Å². The van der Waals surface area contributed by atoms with E-state index in [1.807, 2.05) is 0 Å². The number of carbonyl (C=O) groups is 1. The second kappa shape index (κ2) is 16.8. The summed E-state index contributed by atoms with van der Waals surface area (Å²) in [4.78, 5) is 14.3. The molecule has 0 rings (SSSR count). The molecule has 0 aliphatic rings. The Morgan fingerprint density at radius 2 is 1.53 bits per heavy atom. The van der Waals surface area contributed by atoms with Crippen molar-refractivity contribution in [3.05, 3.63) is 0 Å². The monoisotopic (exact) mass is 250 g/mol. The minimum atomic E-state index is -0.795. The fourth-order valence-electron chi connectivity index (χ4n) is 0.166. The number of ether oxygens (including phenoxy) is 1. The second-order valence-electron chi connectivity index (χ2n) is 2.95. The molecule has 17 heavy (non-hydrogen) atoms. The number of aliphatic hydroxyl groups excluding tert-OH is 1. The highest BCUT2D eigenvalue weighted by atomic mass is 16.8. The van der Waals surface area contributed by atoms with Crippen LogP contribution in [0.4, 0.5) is 4.79 Å². The Bertz CT molecular complexity index is 231. The highest BCUT2D eigenvalue weighted by Crippen LogP contribution is 1.83. The maximum atomic E-state index is 10.2. The van der Waals surface area contributed by atoms with Crippen molar-refractivity contribution < 1.29 is 24.7 Å². The standard InChI is InChI=1S/C5H9NO3.C3H7NO.C2H6O/c1-4(2)6-9-5(7)8-3;1-3(2)4-5;1-2-3/h1-3H3;5H,1-2H3;3H,2H2,1H3. The van der Waals surface area contributed by atoms with Crippen LogP contribution in [0.15, 0.2) is 10.3 Å². The van der Waals surface area contributed by atoms with E-state index in [0.717, 1.165) is 0 Å². The maximum absolute atomic E-state index is 10.2. The van der Waals surface area contributed by atoms with Crippen LogP contribution in [-0.2, 0) is 9.57 Å². The van der Waals surface area contributed by atoms with E-state index in [0.29, 0.717) is 11.4 Å². The molecule has 0 amide bonds. The lowest BCUT2D eigenvalue weighted by Crippen LogP contribution is -1.99. The van der Waals surface area contributed by atoms with Crippen molar-refractivity contribution in [1.29, 1.82) is 0 Å². The summed E-state index contributed by atoms with van der Waals surface area (Å²) < 4.78 is 4.13. The van der Waals surface area contributed by atoms with Crippen LogP contribution in [0.2, 0.25) is 0 Å². The van der Waals surface area contributed by atoms with Crippen molar-refractivity contribution in [3.63, 3.8) is 0 Å². The number of hydrogen-bond acceptors (Lipinski definition) is 7. The first-order valence-electron chi connectivity index (χ1n) is 4.87. The van der Waals surface area contributed by atoms with Gasteiger partial charge in [0.05, 0.1) is 18.5 Å². The van der Waals surface area contributed by atoms with Crippen LogP contribution in [0.25, 0.3) is 0 Å². The Morgan fingerprint density at radius 3 is 1.71 bits per heavy atom. The summed E-state index contributed by atoms with van der Waals surface area (Å²) in [6, 6.07) is 0. The molecule has 0 unspecified atom stereocenters. The Hall–Kier alpha value is -1.63. The van der Waals surface area contributed by atoms with Gasteiger partial charge in [0.15, 0.2) is 0 Å². The Labute approximate surface area is 102 Å². The minimum Gasteiger partial charge on any atom is -0.436 e. The molecule has 2 N–H and O–H groups in total.